The van der Waals surface area contributed by atoms with E-state index in [0.29, 0.717) is 17.7 Å². The molecular formula is C21H23FN2O3. The van der Waals surface area contributed by atoms with E-state index in [1.807, 2.05) is 25.1 Å². The number of urea groups is 1. The molecule has 0 aromatic heterocycles. The number of ether oxygens (including phenoxy) is 1. The molecule has 0 saturated carbocycles. The highest BCUT2D eigenvalue weighted by Crippen LogP contribution is 2.35. The topological polar surface area (TPSA) is 58.6 Å². The highest BCUT2D eigenvalue weighted by atomic mass is 19.1. The Balaban J connectivity index is 1.96. The van der Waals surface area contributed by atoms with Crippen LogP contribution < -0.4 is 10.1 Å². The number of hydrogen-bond acceptors (Lipinski definition) is 3. The number of halogens is 1. The number of rotatable bonds is 7. The molecule has 2 aromatic rings. The summed E-state index contributed by atoms with van der Waals surface area (Å²) in [6.07, 6.45) is 2.09. The lowest BCUT2D eigenvalue weighted by Crippen LogP contribution is -2.44. The van der Waals surface area contributed by atoms with Gasteiger partial charge in [-0.25, -0.2) is 9.18 Å². The van der Waals surface area contributed by atoms with Crippen molar-refractivity contribution in [3.05, 3.63) is 65.5 Å². The lowest BCUT2D eigenvalue weighted by Gasteiger charge is -2.27. The van der Waals surface area contributed by atoms with Crippen LogP contribution in [0.25, 0.3) is 0 Å². The molecule has 0 unspecified atom stereocenters. The van der Waals surface area contributed by atoms with E-state index in [4.69, 9.17) is 4.74 Å². The molecule has 0 bridgehead atoms. The maximum Gasteiger partial charge on any atom is 0.325 e. The van der Waals surface area contributed by atoms with Gasteiger partial charge in [-0.2, -0.15) is 0 Å². The Kier molecular flexibility index (Phi) is 5.44. The minimum absolute atomic E-state index is 0.115. The summed E-state index contributed by atoms with van der Waals surface area (Å²) in [5, 5.41) is 2.87. The Hall–Kier alpha value is -2.89. The summed E-state index contributed by atoms with van der Waals surface area (Å²) in [7, 11) is 1.55. The van der Waals surface area contributed by atoms with Gasteiger partial charge >= 0.3 is 6.03 Å². The Morgan fingerprint density at radius 2 is 1.81 bits per heavy atom. The molecule has 0 radical (unpaired) electrons. The molecule has 2 aromatic carbocycles. The van der Waals surface area contributed by atoms with Crippen LogP contribution in [0.5, 0.6) is 5.75 Å². The fourth-order valence-corrected chi connectivity index (χ4v) is 3.46. The second kappa shape index (κ2) is 7.78. The largest absolute Gasteiger partial charge is 0.496 e. The summed E-state index contributed by atoms with van der Waals surface area (Å²) in [5.41, 5.74) is 0.176. The smallest absolute Gasteiger partial charge is 0.325 e. The van der Waals surface area contributed by atoms with Crippen LogP contribution >= 0.6 is 0 Å². The summed E-state index contributed by atoms with van der Waals surface area (Å²) in [4.78, 5) is 27.2. The zero-order chi connectivity index (χ0) is 19.4. The van der Waals surface area contributed by atoms with E-state index in [9.17, 15) is 14.0 Å². The number of unbranched alkanes of at least 4 members (excludes halogenated alkanes) is 1. The number of imide groups is 1. The highest BCUT2D eigenvalue weighted by Gasteiger charge is 2.51. The number of nitrogens with one attached hydrogen (secondary N) is 1. The molecule has 3 amide bonds. The first kappa shape index (κ1) is 18.9. The number of nitrogens with zero attached hydrogens (tertiary/aromatic N) is 1. The van der Waals surface area contributed by atoms with Gasteiger partial charge in [0.2, 0.25) is 0 Å². The third kappa shape index (κ3) is 3.52. The van der Waals surface area contributed by atoms with E-state index in [1.165, 1.54) is 17.0 Å². The minimum atomic E-state index is -1.16. The van der Waals surface area contributed by atoms with Crippen molar-refractivity contribution in [1.29, 1.82) is 0 Å². The Morgan fingerprint density at radius 3 is 2.48 bits per heavy atom. The fourth-order valence-electron chi connectivity index (χ4n) is 3.46. The molecule has 142 valence electrons. The number of amides is 3. The van der Waals surface area contributed by atoms with Crippen LogP contribution in [-0.4, -0.2) is 23.9 Å². The predicted octanol–water partition coefficient (Wildman–Crippen LogP) is 3.97. The Bertz CT molecular complexity index is 838. The van der Waals surface area contributed by atoms with Crippen molar-refractivity contribution in [2.75, 3.05) is 7.11 Å². The SMILES string of the molecule is CCCC[C@]1(c2ccc(F)cc2)NC(=O)N(Cc2ccccc2OC)C1=O. The maximum absolute atomic E-state index is 13.4. The van der Waals surface area contributed by atoms with Gasteiger partial charge in [-0.3, -0.25) is 9.69 Å². The van der Waals surface area contributed by atoms with Gasteiger partial charge in [0, 0.05) is 5.56 Å². The molecule has 3 rings (SSSR count). The predicted molar refractivity (Wildman–Crippen MR) is 99.7 cm³/mol. The van der Waals surface area contributed by atoms with Gasteiger partial charge in [0.1, 0.15) is 17.1 Å². The monoisotopic (exact) mass is 370 g/mol. The number of carbonyl (C=O) groups is 2. The van der Waals surface area contributed by atoms with E-state index < -0.39 is 11.6 Å². The van der Waals surface area contributed by atoms with Crippen molar-refractivity contribution in [1.82, 2.24) is 10.2 Å². The van der Waals surface area contributed by atoms with Crippen molar-refractivity contribution in [2.45, 2.75) is 38.3 Å². The molecule has 6 heteroatoms. The first-order chi connectivity index (χ1) is 13.0. The molecule has 1 fully saturated rings. The molecule has 1 aliphatic heterocycles. The first-order valence-corrected chi connectivity index (χ1v) is 9.04. The third-order valence-electron chi connectivity index (χ3n) is 4.94. The minimum Gasteiger partial charge on any atom is -0.496 e. The lowest BCUT2D eigenvalue weighted by molar-refractivity contribution is -0.132. The third-order valence-corrected chi connectivity index (χ3v) is 4.94. The molecule has 1 atom stereocenters. The van der Waals surface area contributed by atoms with Crippen molar-refractivity contribution in [3.8, 4) is 5.75 Å². The van der Waals surface area contributed by atoms with Crippen LogP contribution in [0.3, 0.4) is 0 Å². The molecule has 1 saturated heterocycles. The van der Waals surface area contributed by atoms with Crippen LogP contribution in [-0.2, 0) is 16.9 Å². The van der Waals surface area contributed by atoms with E-state index in [1.54, 1.807) is 25.3 Å². The molecular weight excluding hydrogens is 347 g/mol. The summed E-state index contributed by atoms with van der Waals surface area (Å²) in [6.45, 7) is 2.13. The van der Waals surface area contributed by atoms with Crippen LogP contribution in [0.4, 0.5) is 9.18 Å². The van der Waals surface area contributed by atoms with E-state index in [0.717, 1.165) is 18.4 Å². The summed E-state index contributed by atoms with van der Waals surface area (Å²) in [6, 6.07) is 12.6. The Labute approximate surface area is 158 Å². The van der Waals surface area contributed by atoms with E-state index in [2.05, 4.69) is 5.32 Å². The second-order valence-electron chi connectivity index (χ2n) is 6.65. The molecule has 27 heavy (non-hydrogen) atoms. The zero-order valence-electron chi connectivity index (χ0n) is 15.5. The van der Waals surface area contributed by atoms with Crippen LogP contribution in [0.2, 0.25) is 0 Å². The van der Waals surface area contributed by atoms with Crippen LogP contribution in [0, 0.1) is 5.82 Å². The molecule has 0 aliphatic carbocycles. The van der Waals surface area contributed by atoms with Crippen LogP contribution in [0.1, 0.15) is 37.3 Å². The van der Waals surface area contributed by atoms with E-state index in [-0.39, 0.29) is 18.3 Å². The van der Waals surface area contributed by atoms with Crippen molar-refractivity contribution in [3.63, 3.8) is 0 Å². The number of benzene rings is 2. The molecule has 0 spiro atoms. The van der Waals surface area contributed by atoms with Gasteiger partial charge < -0.3 is 10.1 Å². The first-order valence-electron chi connectivity index (χ1n) is 9.04. The standard InChI is InChI=1S/C21H23FN2O3/c1-3-4-13-21(16-9-11-17(22)12-10-16)19(25)24(20(26)23-21)14-15-7-5-6-8-18(15)27-2/h5-12H,3-4,13-14H2,1-2H3,(H,23,26)/t21-/m1/s1. The van der Waals surface area contributed by atoms with Crippen molar-refractivity contribution >= 4 is 11.9 Å². The average molecular weight is 370 g/mol. The number of hydrogen-bond donors (Lipinski definition) is 1. The normalized spacial score (nSPS) is 19.3. The van der Waals surface area contributed by atoms with Gasteiger partial charge in [-0.1, -0.05) is 50.1 Å². The van der Waals surface area contributed by atoms with Gasteiger partial charge in [-0.15, -0.1) is 0 Å². The molecule has 1 aliphatic rings. The number of para-hydroxylation sites is 1. The van der Waals surface area contributed by atoms with Crippen molar-refractivity contribution in [2.24, 2.45) is 0 Å². The van der Waals surface area contributed by atoms with E-state index >= 15 is 0 Å². The number of methoxy groups -OCH3 is 1. The van der Waals surface area contributed by atoms with Gasteiger partial charge in [-0.05, 0) is 30.2 Å². The van der Waals surface area contributed by atoms with Gasteiger partial charge in [0.15, 0.2) is 0 Å². The molecule has 1 heterocycles. The molecule has 5 nitrogen and oxygen atoms in total. The average Bonchev–Trinajstić information content (AvgIpc) is 2.92. The summed E-state index contributed by atoms with van der Waals surface area (Å²) >= 11 is 0. The van der Waals surface area contributed by atoms with Gasteiger partial charge in [0.25, 0.3) is 5.91 Å². The zero-order valence-corrected chi connectivity index (χ0v) is 15.5. The van der Waals surface area contributed by atoms with Crippen LogP contribution in [0.15, 0.2) is 48.5 Å². The molecule has 1 N–H and O–H groups in total. The summed E-state index contributed by atoms with van der Waals surface area (Å²) in [5.74, 6) is -0.0866. The fraction of sp³-hybridized carbons (Fsp3) is 0.333. The Morgan fingerprint density at radius 1 is 1.11 bits per heavy atom. The van der Waals surface area contributed by atoms with Crippen molar-refractivity contribution < 1.29 is 18.7 Å². The van der Waals surface area contributed by atoms with Gasteiger partial charge in [0.05, 0.1) is 13.7 Å². The lowest BCUT2D eigenvalue weighted by atomic mass is 9.84. The summed E-state index contributed by atoms with van der Waals surface area (Å²) < 4.78 is 18.7. The second-order valence-corrected chi connectivity index (χ2v) is 6.65. The highest BCUT2D eigenvalue weighted by molar-refractivity contribution is 6.07. The quantitative estimate of drug-likeness (QED) is 0.750. The number of carbonyl (C=O) groups excluding carboxylic acids is 2. The maximum atomic E-state index is 13.4.